The quantitative estimate of drug-likeness (QED) is 0.874. The highest BCUT2D eigenvalue weighted by Gasteiger charge is 2.13. The van der Waals surface area contributed by atoms with Crippen LogP contribution in [0.15, 0.2) is 24.3 Å². The van der Waals surface area contributed by atoms with Crippen LogP contribution in [0.1, 0.15) is 17.0 Å². The minimum Gasteiger partial charge on any atom is -0.497 e. The SMILES string of the molecule is COc1ccc(Cn2nc(C)c(NC(=O)CO)c2C)cc1. The summed E-state index contributed by atoms with van der Waals surface area (Å²) < 4.78 is 6.95. The molecule has 1 heterocycles. The van der Waals surface area contributed by atoms with E-state index in [4.69, 9.17) is 9.84 Å². The van der Waals surface area contributed by atoms with Gasteiger partial charge in [-0.2, -0.15) is 5.10 Å². The summed E-state index contributed by atoms with van der Waals surface area (Å²) in [5.41, 5.74) is 3.32. The van der Waals surface area contributed by atoms with Gasteiger partial charge in [0.1, 0.15) is 12.4 Å². The van der Waals surface area contributed by atoms with E-state index < -0.39 is 12.5 Å². The molecule has 0 saturated heterocycles. The van der Waals surface area contributed by atoms with Crippen LogP contribution in [0.5, 0.6) is 5.75 Å². The fraction of sp³-hybridized carbons (Fsp3) is 0.333. The van der Waals surface area contributed by atoms with Gasteiger partial charge in [-0.3, -0.25) is 9.48 Å². The molecule has 1 amide bonds. The number of ether oxygens (including phenoxy) is 1. The first-order valence-electron chi connectivity index (χ1n) is 6.62. The van der Waals surface area contributed by atoms with Crippen molar-refractivity contribution in [2.75, 3.05) is 19.0 Å². The number of carbonyl (C=O) groups excluding carboxylic acids is 1. The number of carbonyl (C=O) groups is 1. The molecule has 2 rings (SSSR count). The predicted octanol–water partition coefficient (Wildman–Crippen LogP) is 1.49. The number of hydrogen-bond acceptors (Lipinski definition) is 4. The Kier molecular flexibility index (Phi) is 4.59. The molecular formula is C15H19N3O3. The molecule has 2 aromatic rings. The standard InChI is InChI=1S/C15H19N3O3/c1-10-15(16-14(20)9-19)11(2)18(17-10)8-12-4-6-13(21-3)7-5-12/h4-7,19H,8-9H2,1-3H3,(H,16,20). The predicted molar refractivity (Wildman–Crippen MR) is 79.5 cm³/mol. The van der Waals surface area contributed by atoms with Gasteiger partial charge in [0.15, 0.2) is 0 Å². The van der Waals surface area contributed by atoms with Crippen LogP contribution in [0.25, 0.3) is 0 Å². The first kappa shape index (κ1) is 15.1. The van der Waals surface area contributed by atoms with Crippen molar-refractivity contribution in [3.05, 3.63) is 41.2 Å². The van der Waals surface area contributed by atoms with Gasteiger partial charge < -0.3 is 15.2 Å². The third-order valence-corrected chi connectivity index (χ3v) is 3.28. The maximum atomic E-state index is 11.3. The summed E-state index contributed by atoms with van der Waals surface area (Å²) in [7, 11) is 1.63. The van der Waals surface area contributed by atoms with E-state index in [1.807, 2.05) is 42.8 Å². The second-order valence-electron chi connectivity index (χ2n) is 4.76. The number of nitrogens with one attached hydrogen (secondary N) is 1. The molecule has 6 heteroatoms. The van der Waals surface area contributed by atoms with Crippen molar-refractivity contribution in [2.24, 2.45) is 0 Å². The van der Waals surface area contributed by atoms with Crippen molar-refractivity contribution in [1.29, 1.82) is 0 Å². The summed E-state index contributed by atoms with van der Waals surface area (Å²) in [5, 5.41) is 15.9. The Morgan fingerprint density at radius 3 is 2.57 bits per heavy atom. The smallest absolute Gasteiger partial charge is 0.250 e. The fourth-order valence-electron chi connectivity index (χ4n) is 2.11. The number of aliphatic hydroxyl groups is 1. The molecule has 0 saturated carbocycles. The van der Waals surface area contributed by atoms with Crippen molar-refractivity contribution in [2.45, 2.75) is 20.4 Å². The molecule has 0 bridgehead atoms. The van der Waals surface area contributed by atoms with Gasteiger partial charge in [-0.15, -0.1) is 0 Å². The molecule has 1 aromatic carbocycles. The van der Waals surface area contributed by atoms with E-state index in [1.54, 1.807) is 7.11 Å². The first-order chi connectivity index (χ1) is 10.0. The Morgan fingerprint density at radius 2 is 2.00 bits per heavy atom. The number of nitrogens with zero attached hydrogens (tertiary/aromatic N) is 2. The highest BCUT2D eigenvalue weighted by atomic mass is 16.5. The lowest BCUT2D eigenvalue weighted by atomic mass is 10.2. The molecule has 0 spiro atoms. The molecule has 0 aliphatic heterocycles. The Labute approximate surface area is 123 Å². The highest BCUT2D eigenvalue weighted by Crippen LogP contribution is 2.21. The first-order valence-corrected chi connectivity index (χ1v) is 6.62. The molecule has 0 aliphatic carbocycles. The van der Waals surface area contributed by atoms with Gasteiger partial charge in [-0.05, 0) is 31.5 Å². The van der Waals surface area contributed by atoms with Gasteiger partial charge in [-0.1, -0.05) is 12.1 Å². The average molecular weight is 289 g/mol. The molecular weight excluding hydrogens is 270 g/mol. The average Bonchev–Trinajstić information content (AvgIpc) is 2.75. The van der Waals surface area contributed by atoms with Gasteiger partial charge in [0.25, 0.3) is 0 Å². The van der Waals surface area contributed by atoms with Crippen LogP contribution < -0.4 is 10.1 Å². The summed E-state index contributed by atoms with van der Waals surface area (Å²) in [6.45, 7) is 3.77. The Morgan fingerprint density at radius 1 is 1.33 bits per heavy atom. The number of hydrogen-bond donors (Lipinski definition) is 2. The number of aryl methyl sites for hydroxylation is 1. The number of amides is 1. The lowest BCUT2D eigenvalue weighted by Crippen LogP contribution is -2.16. The van der Waals surface area contributed by atoms with Crippen LogP contribution in [0, 0.1) is 13.8 Å². The second-order valence-corrected chi connectivity index (χ2v) is 4.76. The van der Waals surface area contributed by atoms with Gasteiger partial charge in [0.2, 0.25) is 5.91 Å². The van der Waals surface area contributed by atoms with Crippen molar-refractivity contribution < 1.29 is 14.6 Å². The van der Waals surface area contributed by atoms with Crippen LogP contribution in [-0.2, 0) is 11.3 Å². The molecule has 6 nitrogen and oxygen atoms in total. The summed E-state index contributed by atoms with van der Waals surface area (Å²) in [6, 6.07) is 7.74. The van der Waals surface area contributed by atoms with Gasteiger partial charge in [0.05, 0.1) is 30.7 Å². The van der Waals surface area contributed by atoms with Gasteiger partial charge >= 0.3 is 0 Å². The number of anilines is 1. The van der Waals surface area contributed by atoms with E-state index in [-0.39, 0.29) is 0 Å². The molecule has 0 aliphatic rings. The molecule has 21 heavy (non-hydrogen) atoms. The normalized spacial score (nSPS) is 10.5. The summed E-state index contributed by atoms with van der Waals surface area (Å²) >= 11 is 0. The van der Waals surface area contributed by atoms with E-state index in [0.717, 1.165) is 22.7 Å². The zero-order valence-corrected chi connectivity index (χ0v) is 12.4. The highest BCUT2D eigenvalue weighted by molar-refractivity contribution is 5.92. The maximum Gasteiger partial charge on any atom is 0.250 e. The number of aromatic nitrogens is 2. The van der Waals surface area contributed by atoms with Crippen molar-refractivity contribution >= 4 is 11.6 Å². The van der Waals surface area contributed by atoms with E-state index >= 15 is 0 Å². The molecule has 1 aromatic heterocycles. The summed E-state index contributed by atoms with van der Waals surface area (Å²) in [6.07, 6.45) is 0. The second kappa shape index (κ2) is 6.41. The fourth-order valence-corrected chi connectivity index (χ4v) is 2.11. The maximum absolute atomic E-state index is 11.3. The summed E-state index contributed by atoms with van der Waals surface area (Å²) in [4.78, 5) is 11.3. The lowest BCUT2D eigenvalue weighted by molar-refractivity contribution is -0.118. The largest absolute Gasteiger partial charge is 0.497 e. The van der Waals surface area contributed by atoms with Crippen LogP contribution in [0.3, 0.4) is 0 Å². The van der Waals surface area contributed by atoms with Gasteiger partial charge in [-0.25, -0.2) is 0 Å². The van der Waals surface area contributed by atoms with Crippen molar-refractivity contribution in [3.63, 3.8) is 0 Å². The van der Waals surface area contributed by atoms with Crippen LogP contribution in [0.2, 0.25) is 0 Å². The van der Waals surface area contributed by atoms with Crippen molar-refractivity contribution in [1.82, 2.24) is 9.78 Å². The van der Waals surface area contributed by atoms with Crippen LogP contribution >= 0.6 is 0 Å². The summed E-state index contributed by atoms with van der Waals surface area (Å²) in [5.74, 6) is 0.369. The Balaban J connectivity index is 2.20. The third-order valence-electron chi connectivity index (χ3n) is 3.28. The number of rotatable bonds is 5. The third kappa shape index (κ3) is 3.41. The topological polar surface area (TPSA) is 76.4 Å². The zero-order valence-electron chi connectivity index (χ0n) is 12.4. The molecule has 112 valence electrons. The Bertz CT molecular complexity index is 632. The minimum atomic E-state index is -0.539. The number of aliphatic hydroxyl groups excluding tert-OH is 1. The number of benzene rings is 1. The molecule has 2 N–H and O–H groups in total. The van der Waals surface area contributed by atoms with Crippen LogP contribution in [0.4, 0.5) is 5.69 Å². The molecule has 0 atom stereocenters. The van der Waals surface area contributed by atoms with E-state index in [0.29, 0.717) is 12.2 Å². The molecule has 0 fully saturated rings. The van der Waals surface area contributed by atoms with Crippen molar-refractivity contribution in [3.8, 4) is 5.75 Å². The minimum absolute atomic E-state index is 0.440. The van der Waals surface area contributed by atoms with E-state index in [9.17, 15) is 4.79 Å². The lowest BCUT2D eigenvalue weighted by Gasteiger charge is -2.07. The monoisotopic (exact) mass is 289 g/mol. The molecule has 0 radical (unpaired) electrons. The van der Waals surface area contributed by atoms with Crippen LogP contribution in [-0.4, -0.2) is 34.5 Å². The Hall–Kier alpha value is -2.34. The zero-order chi connectivity index (χ0) is 15.4. The van der Waals surface area contributed by atoms with Gasteiger partial charge in [0, 0.05) is 0 Å². The van der Waals surface area contributed by atoms with E-state index in [2.05, 4.69) is 10.4 Å². The number of methoxy groups -OCH3 is 1. The van der Waals surface area contributed by atoms with E-state index in [1.165, 1.54) is 0 Å². The molecule has 0 unspecified atom stereocenters.